The van der Waals surface area contributed by atoms with E-state index in [1.807, 2.05) is 6.92 Å². The van der Waals surface area contributed by atoms with Crippen LogP contribution in [0, 0.1) is 13.8 Å². The first-order chi connectivity index (χ1) is 10.8. The van der Waals surface area contributed by atoms with Gasteiger partial charge in [-0.15, -0.1) is 0 Å². The number of hydrogen-bond acceptors (Lipinski definition) is 5. The second-order valence-corrected chi connectivity index (χ2v) is 7.54. The molecule has 0 saturated heterocycles. The Balaban J connectivity index is 1.97. The van der Waals surface area contributed by atoms with Crippen LogP contribution in [0.4, 0.5) is 0 Å². The average Bonchev–Trinajstić information content (AvgIpc) is 2.85. The number of amides is 1. The van der Waals surface area contributed by atoms with Gasteiger partial charge in [0.25, 0.3) is 0 Å². The van der Waals surface area contributed by atoms with E-state index in [4.69, 9.17) is 4.52 Å². The van der Waals surface area contributed by atoms with Gasteiger partial charge in [-0.25, -0.2) is 8.42 Å². The van der Waals surface area contributed by atoms with Crippen LogP contribution < -0.4 is 0 Å². The van der Waals surface area contributed by atoms with E-state index in [2.05, 4.69) is 5.16 Å². The van der Waals surface area contributed by atoms with Crippen molar-refractivity contribution >= 4 is 15.7 Å². The van der Waals surface area contributed by atoms with Crippen LogP contribution in [0.1, 0.15) is 23.4 Å². The monoisotopic (exact) mass is 336 g/mol. The van der Waals surface area contributed by atoms with E-state index in [-0.39, 0.29) is 23.0 Å². The van der Waals surface area contributed by atoms with E-state index in [1.165, 1.54) is 17.0 Å². The molecular formula is C16H20N2O4S. The van der Waals surface area contributed by atoms with E-state index >= 15 is 0 Å². The molecule has 1 heterocycles. The number of carbonyl (C=O) groups excluding carboxylic acids is 1. The highest BCUT2D eigenvalue weighted by atomic mass is 32.2. The Hall–Kier alpha value is -2.15. The Morgan fingerprint density at radius 2 is 1.87 bits per heavy atom. The molecule has 0 aliphatic heterocycles. The predicted octanol–water partition coefficient (Wildman–Crippen LogP) is 2.11. The van der Waals surface area contributed by atoms with Gasteiger partial charge in [-0.1, -0.05) is 23.4 Å². The van der Waals surface area contributed by atoms with Gasteiger partial charge in [0.1, 0.15) is 5.76 Å². The lowest BCUT2D eigenvalue weighted by Gasteiger charge is -2.17. The fourth-order valence-corrected chi connectivity index (χ4v) is 3.46. The minimum atomic E-state index is -3.45. The van der Waals surface area contributed by atoms with Crippen LogP contribution in [-0.2, 0) is 21.2 Å². The van der Waals surface area contributed by atoms with Gasteiger partial charge in [-0.3, -0.25) is 4.79 Å². The van der Waals surface area contributed by atoms with Crippen LogP contribution in [-0.4, -0.2) is 37.2 Å². The molecule has 0 aliphatic carbocycles. The van der Waals surface area contributed by atoms with Crippen LogP contribution in [0.5, 0.6) is 0 Å². The average molecular weight is 336 g/mol. The normalized spacial score (nSPS) is 11.4. The molecule has 7 heteroatoms. The molecule has 0 spiro atoms. The molecule has 0 aliphatic rings. The van der Waals surface area contributed by atoms with Crippen LogP contribution in [0.2, 0.25) is 0 Å². The highest BCUT2D eigenvalue weighted by molar-refractivity contribution is 7.91. The third kappa shape index (κ3) is 4.19. The van der Waals surface area contributed by atoms with Crippen molar-refractivity contribution in [2.75, 3.05) is 12.8 Å². The molecule has 2 aromatic rings. The fraction of sp³-hybridized carbons (Fsp3) is 0.375. The molecule has 23 heavy (non-hydrogen) atoms. The SMILES string of the molecule is Cc1noc(C)c1CN(C)C(=O)CCS(=O)(=O)c1ccccc1. The van der Waals surface area contributed by atoms with Crippen LogP contribution >= 0.6 is 0 Å². The molecule has 1 aromatic heterocycles. The molecule has 0 atom stereocenters. The van der Waals surface area contributed by atoms with E-state index in [9.17, 15) is 13.2 Å². The van der Waals surface area contributed by atoms with Gasteiger partial charge in [0.2, 0.25) is 5.91 Å². The van der Waals surface area contributed by atoms with E-state index < -0.39 is 9.84 Å². The summed E-state index contributed by atoms with van der Waals surface area (Å²) in [4.78, 5) is 13.9. The second-order valence-electron chi connectivity index (χ2n) is 5.43. The summed E-state index contributed by atoms with van der Waals surface area (Å²) in [6.45, 7) is 3.95. The highest BCUT2D eigenvalue weighted by Gasteiger charge is 2.19. The van der Waals surface area contributed by atoms with E-state index in [0.29, 0.717) is 12.3 Å². The Morgan fingerprint density at radius 3 is 2.43 bits per heavy atom. The summed E-state index contributed by atoms with van der Waals surface area (Å²) in [5.41, 5.74) is 1.59. The van der Waals surface area contributed by atoms with Crippen LogP contribution in [0.25, 0.3) is 0 Å². The Kier molecular flexibility index (Phi) is 5.20. The maximum atomic E-state index is 12.2. The standard InChI is InChI=1S/C16H20N2O4S/c1-12-15(13(2)22-17-12)11-18(3)16(19)9-10-23(20,21)14-7-5-4-6-8-14/h4-8H,9-11H2,1-3H3. The Morgan fingerprint density at radius 1 is 1.22 bits per heavy atom. The first-order valence-corrected chi connectivity index (χ1v) is 8.90. The maximum Gasteiger partial charge on any atom is 0.223 e. The number of carbonyl (C=O) groups is 1. The van der Waals surface area contributed by atoms with E-state index in [0.717, 1.165) is 11.3 Å². The lowest BCUT2D eigenvalue weighted by molar-refractivity contribution is -0.130. The summed E-state index contributed by atoms with van der Waals surface area (Å²) in [6.07, 6.45) is -0.0584. The predicted molar refractivity (Wildman–Crippen MR) is 85.6 cm³/mol. The smallest absolute Gasteiger partial charge is 0.223 e. The van der Waals surface area contributed by atoms with Gasteiger partial charge < -0.3 is 9.42 Å². The highest BCUT2D eigenvalue weighted by Crippen LogP contribution is 2.16. The molecule has 6 nitrogen and oxygen atoms in total. The maximum absolute atomic E-state index is 12.2. The number of sulfone groups is 1. The van der Waals surface area contributed by atoms with Crippen molar-refractivity contribution in [2.45, 2.75) is 31.7 Å². The molecule has 124 valence electrons. The molecule has 2 rings (SSSR count). The van der Waals surface area contributed by atoms with Crippen molar-refractivity contribution in [3.63, 3.8) is 0 Å². The summed E-state index contributed by atoms with van der Waals surface area (Å²) in [5, 5.41) is 3.84. The summed E-state index contributed by atoms with van der Waals surface area (Å²) in [7, 11) is -1.80. The van der Waals surface area contributed by atoms with Crippen molar-refractivity contribution < 1.29 is 17.7 Å². The summed E-state index contributed by atoms with van der Waals surface area (Å²) in [5.74, 6) is 0.227. The van der Waals surface area contributed by atoms with Crippen molar-refractivity contribution in [1.29, 1.82) is 0 Å². The quantitative estimate of drug-likeness (QED) is 0.807. The summed E-state index contributed by atoms with van der Waals surface area (Å²) < 4.78 is 29.4. The number of benzene rings is 1. The van der Waals surface area contributed by atoms with Gasteiger partial charge in [0, 0.05) is 19.0 Å². The number of aryl methyl sites for hydroxylation is 2. The van der Waals surface area contributed by atoms with Crippen molar-refractivity contribution in [3.05, 3.63) is 47.3 Å². The van der Waals surface area contributed by atoms with Gasteiger partial charge in [-0.2, -0.15) is 0 Å². The largest absolute Gasteiger partial charge is 0.361 e. The van der Waals surface area contributed by atoms with Crippen molar-refractivity contribution in [1.82, 2.24) is 10.1 Å². The number of rotatable bonds is 6. The first-order valence-electron chi connectivity index (χ1n) is 7.25. The Bertz CT molecular complexity index is 762. The lowest BCUT2D eigenvalue weighted by Crippen LogP contribution is -2.28. The molecule has 1 amide bonds. The fourth-order valence-electron chi connectivity index (χ4n) is 2.21. The number of nitrogens with zero attached hydrogens (tertiary/aromatic N) is 2. The first kappa shape index (κ1) is 17.2. The molecular weight excluding hydrogens is 316 g/mol. The molecule has 0 bridgehead atoms. The molecule has 1 aromatic carbocycles. The second kappa shape index (κ2) is 6.95. The van der Waals surface area contributed by atoms with E-state index in [1.54, 1.807) is 32.2 Å². The molecule has 0 unspecified atom stereocenters. The lowest BCUT2D eigenvalue weighted by atomic mass is 10.2. The number of hydrogen-bond donors (Lipinski definition) is 0. The van der Waals surface area contributed by atoms with Crippen LogP contribution in [0.3, 0.4) is 0 Å². The third-order valence-electron chi connectivity index (χ3n) is 3.69. The van der Waals surface area contributed by atoms with Gasteiger partial charge in [0.05, 0.1) is 22.9 Å². The summed E-state index contributed by atoms with van der Waals surface area (Å²) >= 11 is 0. The van der Waals surface area contributed by atoms with Gasteiger partial charge >= 0.3 is 0 Å². The zero-order chi connectivity index (χ0) is 17.0. The molecule has 0 radical (unpaired) electrons. The molecule has 0 fully saturated rings. The number of aromatic nitrogens is 1. The van der Waals surface area contributed by atoms with Crippen LogP contribution in [0.15, 0.2) is 39.8 Å². The third-order valence-corrected chi connectivity index (χ3v) is 5.42. The topological polar surface area (TPSA) is 80.5 Å². The minimum absolute atomic E-state index is 0.0584. The molecule has 0 N–H and O–H groups in total. The zero-order valence-electron chi connectivity index (χ0n) is 13.4. The molecule has 0 saturated carbocycles. The summed E-state index contributed by atoms with van der Waals surface area (Å²) in [6, 6.07) is 8.15. The van der Waals surface area contributed by atoms with Gasteiger partial charge in [-0.05, 0) is 26.0 Å². The zero-order valence-corrected chi connectivity index (χ0v) is 14.3. The van der Waals surface area contributed by atoms with Crippen molar-refractivity contribution in [2.24, 2.45) is 0 Å². The van der Waals surface area contributed by atoms with Gasteiger partial charge in [0.15, 0.2) is 9.84 Å². The van der Waals surface area contributed by atoms with Crippen molar-refractivity contribution in [3.8, 4) is 0 Å². The Labute approximate surface area is 136 Å². The minimum Gasteiger partial charge on any atom is -0.361 e.